The van der Waals surface area contributed by atoms with E-state index in [9.17, 15) is 5.11 Å². The first-order valence-electron chi connectivity index (χ1n) is 10.6. The van der Waals surface area contributed by atoms with E-state index in [4.69, 9.17) is 5.73 Å². The molecular weight excluding hydrogens is 296 g/mol. The second-order valence-electron chi connectivity index (χ2n) is 7.51. The molecule has 0 saturated heterocycles. The zero-order valence-corrected chi connectivity index (χ0v) is 17.0. The lowest BCUT2D eigenvalue weighted by molar-refractivity contribution is 0.0314. The second kappa shape index (κ2) is 19.2. The van der Waals surface area contributed by atoms with Gasteiger partial charge < -0.3 is 17.0 Å². The third kappa shape index (κ3) is 19.9. The van der Waals surface area contributed by atoms with Crippen molar-refractivity contribution in [1.82, 2.24) is 6.15 Å². The molecule has 6 N–H and O–H groups in total. The summed E-state index contributed by atoms with van der Waals surface area (Å²) in [5.41, 5.74) is 4.81. The summed E-state index contributed by atoms with van der Waals surface area (Å²) in [6.07, 6.45) is 23.5. The van der Waals surface area contributed by atoms with Gasteiger partial charge in [0.2, 0.25) is 0 Å². The van der Waals surface area contributed by atoms with E-state index in [0.29, 0.717) is 6.42 Å². The summed E-state index contributed by atoms with van der Waals surface area (Å²) in [6, 6.07) is 0. The number of nitrogens with two attached hydrogens (primary N) is 1. The van der Waals surface area contributed by atoms with Gasteiger partial charge >= 0.3 is 0 Å². The number of hydrogen-bond donors (Lipinski definition) is 3. The topological polar surface area (TPSA) is 81.2 Å². The minimum atomic E-state index is -0.921. The summed E-state index contributed by atoms with van der Waals surface area (Å²) in [6.45, 7) is 4.23. The molecule has 0 amide bonds. The van der Waals surface area contributed by atoms with E-state index in [2.05, 4.69) is 6.92 Å². The highest BCUT2D eigenvalue weighted by Crippen LogP contribution is 2.16. The molecule has 0 spiro atoms. The van der Waals surface area contributed by atoms with Gasteiger partial charge in [0.1, 0.15) is 5.72 Å². The van der Waals surface area contributed by atoms with Crippen LogP contribution in [-0.2, 0) is 0 Å². The van der Waals surface area contributed by atoms with Crippen molar-refractivity contribution in [2.24, 2.45) is 5.73 Å². The highest BCUT2D eigenvalue weighted by atomic mass is 16.3. The molecule has 0 fully saturated rings. The van der Waals surface area contributed by atoms with Gasteiger partial charge in [0, 0.05) is 0 Å². The van der Waals surface area contributed by atoms with Gasteiger partial charge in [-0.2, -0.15) is 0 Å². The van der Waals surface area contributed by atoms with Crippen LogP contribution < -0.4 is 11.9 Å². The average molecular weight is 345 g/mol. The maximum absolute atomic E-state index is 9.72. The first-order valence-corrected chi connectivity index (χ1v) is 10.6. The van der Waals surface area contributed by atoms with Gasteiger partial charge in [-0.05, 0) is 19.3 Å². The zero-order chi connectivity index (χ0) is 17.2. The van der Waals surface area contributed by atoms with E-state index in [-0.39, 0.29) is 6.15 Å². The van der Waals surface area contributed by atoms with E-state index in [1.165, 1.54) is 96.3 Å². The standard InChI is InChI=1S/C21H45NO.H3N/c1-3-5-6-7-8-9-10-11-12-13-14-15-16-17-18-19-20-21(22,23)4-2;/h23H,3-20,22H2,1-2H3;1H3. The Morgan fingerprint density at radius 1 is 0.583 bits per heavy atom. The van der Waals surface area contributed by atoms with Crippen molar-refractivity contribution in [3.8, 4) is 0 Å². The Morgan fingerprint density at radius 2 is 0.875 bits per heavy atom. The lowest BCUT2D eigenvalue weighted by Gasteiger charge is -2.20. The van der Waals surface area contributed by atoms with E-state index in [1.807, 2.05) is 6.92 Å². The molecule has 24 heavy (non-hydrogen) atoms. The van der Waals surface area contributed by atoms with Gasteiger partial charge in [-0.1, -0.05) is 110 Å². The van der Waals surface area contributed by atoms with Gasteiger partial charge in [-0.15, -0.1) is 0 Å². The molecule has 0 heterocycles. The fraction of sp³-hybridized carbons (Fsp3) is 1.00. The maximum atomic E-state index is 9.72. The Bertz CT molecular complexity index is 232. The van der Waals surface area contributed by atoms with Crippen molar-refractivity contribution in [2.75, 3.05) is 0 Å². The molecule has 0 bridgehead atoms. The minimum Gasteiger partial charge on any atom is -0.376 e. The zero-order valence-electron chi connectivity index (χ0n) is 17.0. The number of aliphatic hydroxyl groups is 1. The van der Waals surface area contributed by atoms with Gasteiger partial charge in [0.25, 0.3) is 0 Å². The first-order chi connectivity index (χ1) is 11.1. The highest BCUT2D eigenvalue weighted by molar-refractivity contribution is 4.67. The molecule has 0 rings (SSSR count). The Morgan fingerprint density at radius 3 is 1.17 bits per heavy atom. The summed E-state index contributed by atoms with van der Waals surface area (Å²) in [5, 5.41) is 9.72. The van der Waals surface area contributed by atoms with Crippen LogP contribution in [0.4, 0.5) is 0 Å². The van der Waals surface area contributed by atoms with Crippen LogP contribution in [-0.4, -0.2) is 10.8 Å². The van der Waals surface area contributed by atoms with Crippen molar-refractivity contribution in [3.63, 3.8) is 0 Å². The molecule has 1 unspecified atom stereocenters. The van der Waals surface area contributed by atoms with Crippen LogP contribution in [0.5, 0.6) is 0 Å². The molecule has 0 saturated carbocycles. The van der Waals surface area contributed by atoms with Crippen LogP contribution in [0.15, 0.2) is 0 Å². The van der Waals surface area contributed by atoms with Crippen LogP contribution in [0, 0.1) is 0 Å². The molecule has 148 valence electrons. The predicted molar refractivity (Wildman–Crippen MR) is 109 cm³/mol. The second-order valence-corrected chi connectivity index (χ2v) is 7.51. The summed E-state index contributed by atoms with van der Waals surface area (Å²) >= 11 is 0. The molecular formula is C21H48N2O. The smallest absolute Gasteiger partial charge is 0.113 e. The lowest BCUT2D eigenvalue weighted by atomic mass is 10.0. The fourth-order valence-corrected chi connectivity index (χ4v) is 3.16. The maximum Gasteiger partial charge on any atom is 0.113 e. The Kier molecular flexibility index (Phi) is 20.9. The average Bonchev–Trinajstić information content (AvgIpc) is 2.54. The van der Waals surface area contributed by atoms with Crippen molar-refractivity contribution in [1.29, 1.82) is 0 Å². The molecule has 1 atom stereocenters. The van der Waals surface area contributed by atoms with E-state index < -0.39 is 5.72 Å². The minimum absolute atomic E-state index is 0. The Balaban J connectivity index is 0. The van der Waals surface area contributed by atoms with Crippen molar-refractivity contribution in [2.45, 2.75) is 135 Å². The van der Waals surface area contributed by atoms with E-state index in [1.54, 1.807) is 0 Å². The van der Waals surface area contributed by atoms with E-state index in [0.717, 1.165) is 12.8 Å². The van der Waals surface area contributed by atoms with Crippen LogP contribution in [0.1, 0.15) is 129 Å². The van der Waals surface area contributed by atoms with Crippen LogP contribution in [0.2, 0.25) is 0 Å². The third-order valence-corrected chi connectivity index (χ3v) is 5.08. The predicted octanol–water partition coefficient (Wildman–Crippen LogP) is 6.86. The monoisotopic (exact) mass is 344 g/mol. The Labute approximate surface area is 152 Å². The number of rotatable bonds is 18. The quantitative estimate of drug-likeness (QED) is 0.188. The molecule has 0 aromatic carbocycles. The molecule has 0 aliphatic carbocycles. The van der Waals surface area contributed by atoms with Crippen molar-refractivity contribution < 1.29 is 5.11 Å². The summed E-state index contributed by atoms with van der Waals surface area (Å²) in [5.74, 6) is 0. The van der Waals surface area contributed by atoms with Crippen LogP contribution >= 0.6 is 0 Å². The van der Waals surface area contributed by atoms with Crippen LogP contribution in [0.25, 0.3) is 0 Å². The normalized spacial score (nSPS) is 13.5. The summed E-state index contributed by atoms with van der Waals surface area (Å²) in [4.78, 5) is 0. The van der Waals surface area contributed by atoms with Crippen LogP contribution in [0.3, 0.4) is 0 Å². The lowest BCUT2D eigenvalue weighted by Crippen LogP contribution is -2.38. The van der Waals surface area contributed by atoms with E-state index >= 15 is 0 Å². The molecule has 0 radical (unpaired) electrons. The van der Waals surface area contributed by atoms with Gasteiger partial charge in [0.15, 0.2) is 0 Å². The molecule has 0 aromatic rings. The van der Waals surface area contributed by atoms with Gasteiger partial charge in [-0.3, -0.25) is 0 Å². The largest absolute Gasteiger partial charge is 0.376 e. The highest BCUT2D eigenvalue weighted by Gasteiger charge is 2.16. The molecule has 0 aromatic heterocycles. The van der Waals surface area contributed by atoms with Gasteiger partial charge in [0.05, 0.1) is 0 Å². The van der Waals surface area contributed by atoms with Crippen molar-refractivity contribution >= 4 is 0 Å². The summed E-state index contributed by atoms with van der Waals surface area (Å²) < 4.78 is 0. The molecule has 0 aliphatic rings. The fourth-order valence-electron chi connectivity index (χ4n) is 3.16. The third-order valence-electron chi connectivity index (χ3n) is 5.08. The first kappa shape index (κ1) is 26.1. The number of unbranched alkanes of at least 4 members (excludes halogenated alkanes) is 15. The molecule has 3 nitrogen and oxygen atoms in total. The molecule has 0 aliphatic heterocycles. The van der Waals surface area contributed by atoms with Crippen molar-refractivity contribution in [3.05, 3.63) is 0 Å². The SMILES string of the molecule is CCCCCCCCCCCCCCCCCCC(N)(O)CC.N. The Hall–Kier alpha value is -0.120. The van der Waals surface area contributed by atoms with Gasteiger partial charge in [-0.25, -0.2) is 0 Å². The summed E-state index contributed by atoms with van der Waals surface area (Å²) in [7, 11) is 0. The molecule has 3 heteroatoms. The number of hydrogen-bond acceptors (Lipinski definition) is 3.